The predicted molar refractivity (Wildman–Crippen MR) is 146 cm³/mol. The van der Waals surface area contributed by atoms with Gasteiger partial charge in [0, 0.05) is 5.56 Å². The van der Waals surface area contributed by atoms with Gasteiger partial charge in [-0.05, 0) is 53.9 Å². The Morgan fingerprint density at radius 1 is 1.02 bits per heavy atom. The summed E-state index contributed by atoms with van der Waals surface area (Å²) in [6.07, 6.45) is 2.93. The number of carbonyl (C=O) groups is 1. The molecule has 3 aromatic carbocycles. The van der Waals surface area contributed by atoms with Crippen LogP contribution in [0.2, 0.25) is 0 Å². The van der Waals surface area contributed by atoms with Crippen molar-refractivity contribution in [2.75, 3.05) is 0 Å². The number of sulfonamides is 2. The fourth-order valence-corrected chi connectivity index (χ4v) is 7.32. The molecule has 204 valence electrons. The molecule has 5 aromatic rings. The molecule has 11 nitrogen and oxygen atoms in total. The van der Waals surface area contributed by atoms with Gasteiger partial charge in [-0.3, -0.25) is 9.52 Å². The maximum Gasteiger partial charge on any atom is 0.242 e. The minimum atomic E-state index is -3.97. The molecule has 6 rings (SSSR count). The van der Waals surface area contributed by atoms with Gasteiger partial charge in [0.25, 0.3) is 0 Å². The minimum Gasteiger partial charge on any atom is -0.444 e. The summed E-state index contributed by atoms with van der Waals surface area (Å²) in [5, 5.41) is -0.960. The minimum absolute atomic E-state index is 0.0656. The Morgan fingerprint density at radius 2 is 1.77 bits per heavy atom. The molecule has 0 spiro atoms. The zero-order valence-corrected chi connectivity index (χ0v) is 22.4. The molecule has 0 radical (unpaired) electrons. The number of oxazole rings is 1. The predicted octanol–water partition coefficient (Wildman–Crippen LogP) is 3.37. The number of benzene rings is 3. The summed E-state index contributed by atoms with van der Waals surface area (Å²) >= 11 is 0. The van der Waals surface area contributed by atoms with Crippen LogP contribution in [0, 0.1) is 0 Å². The number of para-hydroxylation sites is 2. The third-order valence-corrected chi connectivity index (χ3v) is 9.90. The summed E-state index contributed by atoms with van der Waals surface area (Å²) < 4.78 is 61.5. The second-order valence-electron chi connectivity index (χ2n) is 9.41. The van der Waals surface area contributed by atoms with Gasteiger partial charge < -0.3 is 9.40 Å². The Balaban J connectivity index is 1.29. The van der Waals surface area contributed by atoms with Gasteiger partial charge >= 0.3 is 0 Å². The number of nitrogens with one attached hydrogen (secondary N) is 3. The lowest BCUT2D eigenvalue weighted by Gasteiger charge is -2.18. The monoisotopic (exact) mass is 577 g/mol. The van der Waals surface area contributed by atoms with Crippen molar-refractivity contribution >= 4 is 37.0 Å². The number of rotatable bonds is 8. The lowest BCUT2D eigenvalue weighted by Crippen LogP contribution is -2.31. The summed E-state index contributed by atoms with van der Waals surface area (Å²) in [6, 6.07) is 19.6. The molecule has 40 heavy (non-hydrogen) atoms. The van der Waals surface area contributed by atoms with E-state index in [0.717, 1.165) is 11.1 Å². The maximum absolute atomic E-state index is 13.5. The second-order valence-corrected chi connectivity index (χ2v) is 13.0. The summed E-state index contributed by atoms with van der Waals surface area (Å²) in [4.78, 5) is 23.4. The van der Waals surface area contributed by atoms with Crippen LogP contribution in [0.3, 0.4) is 0 Å². The molecule has 2 aromatic heterocycles. The van der Waals surface area contributed by atoms with E-state index < -0.39 is 37.2 Å². The second kappa shape index (κ2) is 10.0. The van der Waals surface area contributed by atoms with Gasteiger partial charge in [-0.1, -0.05) is 36.4 Å². The topological polar surface area (TPSA) is 164 Å². The maximum atomic E-state index is 13.5. The molecule has 2 atom stereocenters. The first-order valence-electron chi connectivity index (χ1n) is 12.3. The van der Waals surface area contributed by atoms with Gasteiger partial charge in [0.2, 0.25) is 26.0 Å². The summed E-state index contributed by atoms with van der Waals surface area (Å²) in [5.41, 5.74) is 3.36. The number of imidazole rings is 1. The normalized spacial score (nSPS) is 17.6. The van der Waals surface area contributed by atoms with E-state index >= 15 is 0 Å². The van der Waals surface area contributed by atoms with Crippen molar-refractivity contribution < 1.29 is 26.0 Å². The average molecular weight is 578 g/mol. The van der Waals surface area contributed by atoms with Crippen molar-refractivity contribution in [2.24, 2.45) is 0 Å². The van der Waals surface area contributed by atoms with E-state index in [1.165, 1.54) is 18.5 Å². The van der Waals surface area contributed by atoms with Crippen LogP contribution >= 0.6 is 0 Å². The van der Waals surface area contributed by atoms with Gasteiger partial charge in [-0.2, -0.15) is 0 Å². The number of amides is 1. The van der Waals surface area contributed by atoms with Crippen LogP contribution in [0.5, 0.6) is 0 Å². The highest BCUT2D eigenvalue weighted by Gasteiger charge is 2.37. The van der Waals surface area contributed by atoms with E-state index in [9.17, 15) is 21.6 Å². The molecule has 1 saturated heterocycles. The first-order valence-corrected chi connectivity index (χ1v) is 15.3. The molecule has 0 aliphatic carbocycles. The van der Waals surface area contributed by atoms with E-state index in [-0.39, 0.29) is 17.7 Å². The highest BCUT2D eigenvalue weighted by molar-refractivity contribution is 7.90. The number of fused-ring (bicyclic) bond motifs is 1. The van der Waals surface area contributed by atoms with Crippen LogP contribution in [0.1, 0.15) is 34.7 Å². The smallest absolute Gasteiger partial charge is 0.242 e. The molecule has 0 saturated carbocycles. The number of hydrogen-bond acceptors (Lipinski definition) is 8. The fourth-order valence-electron chi connectivity index (χ4n) is 4.69. The van der Waals surface area contributed by atoms with Gasteiger partial charge in [0.15, 0.2) is 12.2 Å². The van der Waals surface area contributed by atoms with Crippen molar-refractivity contribution in [3.63, 3.8) is 0 Å². The number of aromatic nitrogens is 3. The third-order valence-electron chi connectivity index (χ3n) is 6.71. The Morgan fingerprint density at radius 3 is 2.42 bits per heavy atom. The standard InChI is InChI=1S/C27H23N5O6S2/c33-26-14-25(40(36,37)32-26)19-7-5-17(6-8-19)13-23(27-29-21-3-1-2-4-22(21)30-27)31-39(34,35)20-11-9-18(10-12-20)24-15-28-16-38-24/h1-12,15-16,23,25,31H,13-14H2,(H,29,30)(H,32,33)/t23-,25?/m0/s1. The quantitative estimate of drug-likeness (QED) is 0.253. The van der Waals surface area contributed by atoms with E-state index in [2.05, 4.69) is 19.7 Å². The number of aromatic amines is 1. The van der Waals surface area contributed by atoms with Crippen LogP contribution in [-0.4, -0.2) is 37.7 Å². The zero-order chi connectivity index (χ0) is 27.9. The number of H-pyrrole nitrogens is 1. The van der Waals surface area contributed by atoms with Gasteiger partial charge in [-0.25, -0.2) is 31.5 Å². The van der Waals surface area contributed by atoms with Crippen molar-refractivity contribution in [1.82, 2.24) is 24.4 Å². The number of hydrogen-bond donors (Lipinski definition) is 3. The molecular formula is C27H23N5O6S2. The van der Waals surface area contributed by atoms with E-state index in [1.54, 1.807) is 42.6 Å². The molecule has 13 heteroatoms. The number of nitrogens with zero attached hydrogens (tertiary/aromatic N) is 2. The molecule has 0 bridgehead atoms. The molecule has 3 N–H and O–H groups in total. The van der Waals surface area contributed by atoms with Crippen molar-refractivity contribution in [3.05, 3.63) is 102 Å². The SMILES string of the molecule is O=C1CC(c2ccc(C[C@H](NS(=O)(=O)c3ccc(-c4cnco4)cc3)c3nc4ccccc4[nH]3)cc2)S(=O)(=O)N1. The van der Waals surface area contributed by atoms with Crippen molar-refractivity contribution in [3.8, 4) is 11.3 Å². The van der Waals surface area contributed by atoms with Crippen LogP contribution in [0.25, 0.3) is 22.4 Å². The Bertz CT molecular complexity index is 1870. The van der Waals surface area contributed by atoms with Gasteiger partial charge in [0.1, 0.15) is 11.1 Å². The van der Waals surface area contributed by atoms with E-state index in [4.69, 9.17) is 4.42 Å². The van der Waals surface area contributed by atoms with E-state index in [0.29, 0.717) is 28.2 Å². The Labute approximate surface area is 229 Å². The highest BCUT2D eigenvalue weighted by atomic mass is 32.2. The van der Waals surface area contributed by atoms with Crippen molar-refractivity contribution in [2.45, 2.75) is 29.0 Å². The van der Waals surface area contributed by atoms with Crippen LogP contribution in [-0.2, 0) is 31.3 Å². The first kappa shape index (κ1) is 25.9. The van der Waals surface area contributed by atoms with Gasteiger partial charge in [-0.15, -0.1) is 0 Å². The summed E-state index contributed by atoms with van der Waals surface area (Å²) in [6.45, 7) is 0. The molecule has 1 amide bonds. The van der Waals surface area contributed by atoms with E-state index in [1.807, 2.05) is 29.0 Å². The lowest BCUT2D eigenvalue weighted by atomic mass is 10.0. The van der Waals surface area contributed by atoms with Gasteiger partial charge in [0.05, 0.1) is 34.6 Å². The average Bonchev–Trinajstić information content (AvgIpc) is 3.67. The highest BCUT2D eigenvalue weighted by Crippen LogP contribution is 2.31. The summed E-state index contributed by atoms with van der Waals surface area (Å²) in [7, 11) is -7.75. The number of carbonyl (C=O) groups excluding carboxylic acids is 1. The van der Waals surface area contributed by atoms with Crippen LogP contribution in [0.15, 0.2) is 94.7 Å². The largest absolute Gasteiger partial charge is 0.444 e. The molecule has 1 fully saturated rings. The van der Waals surface area contributed by atoms with Crippen molar-refractivity contribution in [1.29, 1.82) is 0 Å². The third kappa shape index (κ3) is 5.13. The molecule has 1 aliphatic rings. The Hall–Kier alpha value is -4.33. The molecule has 3 heterocycles. The van der Waals surface area contributed by atoms with Crippen LogP contribution < -0.4 is 9.44 Å². The molecule has 1 aliphatic heterocycles. The summed E-state index contributed by atoms with van der Waals surface area (Å²) in [5.74, 6) is 0.411. The molecule has 1 unspecified atom stereocenters. The first-order chi connectivity index (χ1) is 19.2. The van der Waals surface area contributed by atoms with Crippen LogP contribution in [0.4, 0.5) is 0 Å². The fraction of sp³-hybridized carbons (Fsp3) is 0.148. The molecular weight excluding hydrogens is 554 g/mol. The lowest BCUT2D eigenvalue weighted by molar-refractivity contribution is -0.118. The zero-order valence-electron chi connectivity index (χ0n) is 20.8. The Kier molecular flexibility index (Phi) is 6.49.